The molecule has 0 bridgehead atoms. The van der Waals surface area contributed by atoms with Gasteiger partial charge in [0.25, 0.3) is 0 Å². The molecule has 0 spiro atoms. The highest BCUT2D eigenvalue weighted by Gasteiger charge is 2.11. The van der Waals surface area contributed by atoms with Crippen LogP contribution < -0.4 is 0 Å². The SMILES string of the molecule is CN(CCN(C)Cc1ccccc1[S@@](C)=O)Cc1ccccc1[S@@](C)=O. The van der Waals surface area contributed by atoms with E-state index in [-0.39, 0.29) is 0 Å². The summed E-state index contributed by atoms with van der Waals surface area (Å²) in [5.41, 5.74) is 2.23. The van der Waals surface area contributed by atoms with Crippen LogP contribution in [0.1, 0.15) is 11.1 Å². The van der Waals surface area contributed by atoms with Gasteiger partial charge in [0.05, 0.1) is 21.6 Å². The summed E-state index contributed by atoms with van der Waals surface area (Å²) in [6.07, 6.45) is 3.45. The van der Waals surface area contributed by atoms with Gasteiger partial charge in [-0.05, 0) is 37.4 Å². The van der Waals surface area contributed by atoms with Gasteiger partial charge < -0.3 is 9.80 Å². The minimum absolute atomic E-state index is 0.777. The minimum Gasteiger partial charge on any atom is -0.301 e. The van der Waals surface area contributed by atoms with Crippen molar-refractivity contribution >= 4 is 21.6 Å². The third-order valence-electron chi connectivity index (χ3n) is 4.31. The Labute approximate surface area is 162 Å². The van der Waals surface area contributed by atoms with Crippen molar-refractivity contribution in [2.45, 2.75) is 22.9 Å². The highest BCUT2D eigenvalue weighted by molar-refractivity contribution is 7.84. The smallest absolute Gasteiger partial charge is 0.0501 e. The number of rotatable bonds is 9. The molecule has 0 fully saturated rings. The van der Waals surface area contributed by atoms with E-state index in [1.807, 2.05) is 48.5 Å². The van der Waals surface area contributed by atoms with E-state index in [9.17, 15) is 8.42 Å². The van der Waals surface area contributed by atoms with Crippen LogP contribution in [0.2, 0.25) is 0 Å². The fraction of sp³-hybridized carbons (Fsp3) is 0.400. The Hall–Kier alpha value is -1.34. The Kier molecular flexibility index (Phi) is 8.15. The van der Waals surface area contributed by atoms with Gasteiger partial charge in [-0.25, -0.2) is 0 Å². The maximum absolute atomic E-state index is 11.9. The van der Waals surface area contributed by atoms with Crippen LogP contribution in [-0.4, -0.2) is 57.9 Å². The van der Waals surface area contributed by atoms with Gasteiger partial charge in [0.2, 0.25) is 0 Å². The summed E-state index contributed by atoms with van der Waals surface area (Å²) in [5, 5.41) is 0. The summed E-state index contributed by atoms with van der Waals surface area (Å²) in [6, 6.07) is 15.8. The number of nitrogens with zero attached hydrogens (tertiary/aromatic N) is 2. The molecule has 0 saturated heterocycles. The number of hydrogen-bond acceptors (Lipinski definition) is 4. The average molecular weight is 393 g/mol. The molecule has 0 N–H and O–H groups in total. The molecule has 2 rings (SSSR count). The first kappa shape index (κ1) is 21.0. The number of hydrogen-bond donors (Lipinski definition) is 0. The van der Waals surface area contributed by atoms with Gasteiger partial charge in [-0.3, -0.25) is 8.42 Å². The topological polar surface area (TPSA) is 40.6 Å². The van der Waals surface area contributed by atoms with Crippen molar-refractivity contribution in [2.75, 3.05) is 39.7 Å². The molecule has 0 unspecified atom stereocenters. The van der Waals surface area contributed by atoms with Gasteiger partial charge in [0.15, 0.2) is 0 Å². The zero-order chi connectivity index (χ0) is 19.1. The Morgan fingerprint density at radius 2 is 1.04 bits per heavy atom. The zero-order valence-electron chi connectivity index (χ0n) is 16.0. The maximum Gasteiger partial charge on any atom is 0.0501 e. The molecule has 0 aromatic heterocycles. The first-order chi connectivity index (χ1) is 12.4. The summed E-state index contributed by atoms with van der Waals surface area (Å²) in [7, 11) is 2.22. The van der Waals surface area contributed by atoms with Crippen molar-refractivity contribution < 1.29 is 8.42 Å². The summed E-state index contributed by atoms with van der Waals surface area (Å²) in [4.78, 5) is 6.30. The normalized spacial score (nSPS) is 13.9. The Morgan fingerprint density at radius 3 is 1.38 bits per heavy atom. The molecule has 142 valence electrons. The van der Waals surface area contributed by atoms with Crippen LogP contribution in [0.4, 0.5) is 0 Å². The Bertz CT molecular complexity index is 714. The lowest BCUT2D eigenvalue weighted by atomic mass is 10.2. The third-order valence-corrected chi connectivity index (χ3v) is 6.34. The van der Waals surface area contributed by atoms with Crippen LogP contribution >= 0.6 is 0 Å². The Balaban J connectivity index is 1.91. The molecule has 0 aliphatic rings. The minimum atomic E-state index is -0.969. The molecule has 0 aliphatic carbocycles. The lowest BCUT2D eigenvalue weighted by Gasteiger charge is -2.23. The predicted octanol–water partition coefficient (Wildman–Crippen LogP) is 2.73. The fourth-order valence-corrected chi connectivity index (χ4v) is 4.45. The molecule has 0 amide bonds. The molecular weight excluding hydrogens is 364 g/mol. The van der Waals surface area contributed by atoms with Gasteiger partial charge in [0, 0.05) is 48.5 Å². The van der Waals surface area contributed by atoms with Crippen molar-refractivity contribution in [1.82, 2.24) is 9.80 Å². The molecule has 0 aliphatic heterocycles. The van der Waals surface area contributed by atoms with E-state index in [4.69, 9.17) is 0 Å². The van der Waals surface area contributed by atoms with Gasteiger partial charge in [-0.1, -0.05) is 36.4 Å². The highest BCUT2D eigenvalue weighted by atomic mass is 32.2. The number of benzene rings is 2. The first-order valence-electron chi connectivity index (χ1n) is 8.58. The largest absolute Gasteiger partial charge is 0.301 e. The fourth-order valence-electron chi connectivity index (χ4n) is 2.91. The van der Waals surface area contributed by atoms with Crippen LogP contribution in [0.15, 0.2) is 58.3 Å². The van der Waals surface area contributed by atoms with Crippen LogP contribution in [0.3, 0.4) is 0 Å². The van der Waals surface area contributed by atoms with E-state index in [0.717, 1.165) is 47.1 Å². The van der Waals surface area contributed by atoms with Crippen molar-refractivity contribution in [3.05, 3.63) is 59.7 Å². The summed E-state index contributed by atoms with van der Waals surface area (Å²) in [6.45, 7) is 3.36. The molecular formula is C20H28N2O2S2. The molecule has 0 heterocycles. The van der Waals surface area contributed by atoms with Crippen molar-refractivity contribution in [3.8, 4) is 0 Å². The second-order valence-electron chi connectivity index (χ2n) is 6.60. The first-order valence-corrected chi connectivity index (χ1v) is 11.7. The van der Waals surface area contributed by atoms with Gasteiger partial charge in [-0.2, -0.15) is 0 Å². The van der Waals surface area contributed by atoms with Crippen LogP contribution in [0, 0.1) is 0 Å². The third kappa shape index (κ3) is 6.13. The average Bonchev–Trinajstić information content (AvgIpc) is 2.60. The molecule has 0 radical (unpaired) electrons. The van der Waals surface area contributed by atoms with Crippen LogP contribution in [0.25, 0.3) is 0 Å². The second kappa shape index (κ2) is 10.1. The van der Waals surface area contributed by atoms with E-state index >= 15 is 0 Å². The molecule has 4 nitrogen and oxygen atoms in total. The van der Waals surface area contributed by atoms with E-state index in [1.165, 1.54) is 0 Å². The molecule has 0 saturated carbocycles. The summed E-state index contributed by atoms with van der Waals surface area (Å²) in [5.74, 6) is 0. The number of likely N-dealkylation sites (N-methyl/N-ethyl adjacent to an activating group) is 2. The molecule has 2 aromatic carbocycles. The predicted molar refractivity (Wildman–Crippen MR) is 110 cm³/mol. The second-order valence-corrected chi connectivity index (χ2v) is 9.30. The molecule has 2 aromatic rings. The molecule has 2 atom stereocenters. The van der Waals surface area contributed by atoms with Gasteiger partial charge in [0.1, 0.15) is 0 Å². The van der Waals surface area contributed by atoms with E-state index in [1.54, 1.807) is 12.5 Å². The quantitative estimate of drug-likeness (QED) is 0.658. The van der Waals surface area contributed by atoms with Crippen LogP contribution in [-0.2, 0) is 34.7 Å². The van der Waals surface area contributed by atoms with Crippen molar-refractivity contribution in [2.24, 2.45) is 0 Å². The van der Waals surface area contributed by atoms with Crippen molar-refractivity contribution in [3.63, 3.8) is 0 Å². The van der Waals surface area contributed by atoms with E-state index < -0.39 is 21.6 Å². The van der Waals surface area contributed by atoms with Gasteiger partial charge >= 0.3 is 0 Å². The van der Waals surface area contributed by atoms with E-state index in [0.29, 0.717) is 0 Å². The van der Waals surface area contributed by atoms with Crippen LogP contribution in [0.5, 0.6) is 0 Å². The summed E-state index contributed by atoms with van der Waals surface area (Å²) < 4.78 is 23.7. The monoisotopic (exact) mass is 392 g/mol. The highest BCUT2D eigenvalue weighted by Crippen LogP contribution is 2.16. The summed E-state index contributed by atoms with van der Waals surface area (Å²) >= 11 is 0. The standard InChI is InChI=1S/C20H28N2O2S2/c1-21(15-17-9-5-7-11-19(17)25(3)23)13-14-22(2)16-18-10-6-8-12-20(18)26(4)24/h5-12H,13-16H2,1-4H3/t25-,26-/m1/s1. The molecule has 26 heavy (non-hydrogen) atoms. The van der Waals surface area contributed by atoms with Crippen molar-refractivity contribution in [1.29, 1.82) is 0 Å². The zero-order valence-corrected chi connectivity index (χ0v) is 17.6. The lowest BCUT2D eigenvalue weighted by molar-refractivity contribution is 0.245. The van der Waals surface area contributed by atoms with Gasteiger partial charge in [-0.15, -0.1) is 0 Å². The lowest BCUT2D eigenvalue weighted by Crippen LogP contribution is -2.30. The maximum atomic E-state index is 11.9. The Morgan fingerprint density at radius 1 is 0.692 bits per heavy atom. The van der Waals surface area contributed by atoms with E-state index in [2.05, 4.69) is 23.9 Å². The molecule has 6 heteroatoms.